The van der Waals surface area contributed by atoms with Crippen LogP contribution in [0.3, 0.4) is 0 Å². The predicted octanol–water partition coefficient (Wildman–Crippen LogP) is 3.14. The van der Waals surface area contributed by atoms with E-state index in [1.165, 1.54) is 11.3 Å². The summed E-state index contributed by atoms with van der Waals surface area (Å²) >= 11 is 5.75. The topological polar surface area (TPSA) is 63.6 Å². The van der Waals surface area contributed by atoms with Crippen LogP contribution in [0.2, 0.25) is 0 Å². The molecule has 1 aromatic heterocycles. The van der Waals surface area contributed by atoms with E-state index in [0.29, 0.717) is 22.3 Å². The lowest BCUT2D eigenvalue weighted by Crippen LogP contribution is -2.11. The van der Waals surface area contributed by atoms with Gasteiger partial charge in [-0.2, -0.15) is 9.98 Å². The number of hydrogen-bond acceptors (Lipinski definition) is 6. The monoisotopic (exact) mass is 291 g/mol. The van der Waals surface area contributed by atoms with Crippen LogP contribution in [0, 0.1) is 0 Å². The molecule has 5 nitrogen and oxygen atoms in total. The zero-order valence-corrected chi connectivity index (χ0v) is 11.5. The molecule has 2 rings (SSSR count). The number of thiocarbonyl (C=S) groups is 1. The average molecular weight is 291 g/mol. The first-order chi connectivity index (χ1) is 9.22. The summed E-state index contributed by atoms with van der Waals surface area (Å²) in [6.07, 6.45) is 0. The Morgan fingerprint density at radius 3 is 2.84 bits per heavy atom. The van der Waals surface area contributed by atoms with Gasteiger partial charge in [-0.3, -0.25) is 10.1 Å². The van der Waals surface area contributed by atoms with Gasteiger partial charge in [0, 0.05) is 10.9 Å². The number of aliphatic imine (C=N–C) groups is 1. The number of isothiocyanates is 1. The molecule has 1 amide bonds. The highest BCUT2D eigenvalue weighted by atomic mass is 32.1. The number of hydrogen-bond donors (Lipinski definition) is 1. The maximum atomic E-state index is 11.9. The first kappa shape index (κ1) is 13.4. The minimum absolute atomic E-state index is 0.241. The Bertz CT molecular complexity index is 631. The third-order valence-electron chi connectivity index (χ3n) is 2.22. The smallest absolute Gasteiger partial charge is 0.257 e. The van der Waals surface area contributed by atoms with E-state index in [-0.39, 0.29) is 5.91 Å². The van der Waals surface area contributed by atoms with Crippen LogP contribution in [0.5, 0.6) is 5.75 Å². The second-order valence-corrected chi connectivity index (χ2v) is 4.44. The van der Waals surface area contributed by atoms with Crippen LogP contribution in [0.1, 0.15) is 10.4 Å². The lowest BCUT2D eigenvalue weighted by Gasteiger charge is -2.03. The molecule has 1 heterocycles. The van der Waals surface area contributed by atoms with Gasteiger partial charge in [-0.25, -0.2) is 0 Å². The number of ether oxygens (including phenoxy) is 1. The van der Waals surface area contributed by atoms with Gasteiger partial charge in [0.25, 0.3) is 5.91 Å². The molecule has 0 bridgehead atoms. The van der Waals surface area contributed by atoms with E-state index in [9.17, 15) is 4.79 Å². The Kier molecular flexibility index (Phi) is 4.35. The number of carbonyl (C=O) groups is 1. The van der Waals surface area contributed by atoms with Gasteiger partial charge in [-0.05, 0) is 36.5 Å². The van der Waals surface area contributed by atoms with Gasteiger partial charge >= 0.3 is 0 Å². The van der Waals surface area contributed by atoms with Crippen molar-refractivity contribution >= 4 is 45.6 Å². The van der Waals surface area contributed by atoms with Crippen LogP contribution >= 0.6 is 23.6 Å². The minimum atomic E-state index is -0.241. The van der Waals surface area contributed by atoms with Gasteiger partial charge in [0.2, 0.25) is 0 Å². The number of nitrogens with one attached hydrogen (secondary N) is 1. The molecular weight excluding hydrogens is 282 g/mol. The van der Waals surface area contributed by atoms with Crippen LogP contribution in [0.25, 0.3) is 0 Å². The van der Waals surface area contributed by atoms with Gasteiger partial charge in [-0.1, -0.05) is 0 Å². The Morgan fingerprint density at radius 2 is 2.21 bits per heavy atom. The molecule has 19 heavy (non-hydrogen) atoms. The molecule has 0 radical (unpaired) electrons. The first-order valence-electron chi connectivity index (χ1n) is 5.21. The molecule has 0 fully saturated rings. The van der Waals surface area contributed by atoms with Crippen LogP contribution in [0.4, 0.5) is 10.9 Å². The van der Waals surface area contributed by atoms with Gasteiger partial charge in [0.15, 0.2) is 10.9 Å². The molecule has 0 unspecified atom stereocenters. The van der Waals surface area contributed by atoms with E-state index in [1.54, 1.807) is 36.8 Å². The summed E-state index contributed by atoms with van der Waals surface area (Å²) in [5, 5.41) is 7.05. The number of methoxy groups -OCH3 is 1. The summed E-state index contributed by atoms with van der Waals surface area (Å²) in [5.41, 5.74) is 0.524. The molecule has 0 spiro atoms. The van der Waals surface area contributed by atoms with E-state index in [0.717, 1.165) is 0 Å². The van der Waals surface area contributed by atoms with E-state index in [2.05, 4.69) is 32.7 Å². The number of thiazole rings is 1. The van der Waals surface area contributed by atoms with Crippen molar-refractivity contribution < 1.29 is 9.53 Å². The summed E-state index contributed by atoms with van der Waals surface area (Å²) in [7, 11) is 1.57. The molecule has 0 aliphatic heterocycles. The van der Waals surface area contributed by atoms with Crippen molar-refractivity contribution in [3.05, 3.63) is 35.2 Å². The molecule has 2 aromatic rings. The number of anilines is 1. The first-order valence-corrected chi connectivity index (χ1v) is 6.50. The Balaban J connectivity index is 2.08. The minimum Gasteiger partial charge on any atom is -0.497 e. The van der Waals surface area contributed by atoms with E-state index < -0.39 is 0 Å². The average Bonchev–Trinajstić information content (AvgIpc) is 2.86. The molecule has 96 valence electrons. The molecule has 0 aliphatic carbocycles. The van der Waals surface area contributed by atoms with Crippen molar-refractivity contribution in [3.8, 4) is 5.75 Å². The Morgan fingerprint density at radius 1 is 1.47 bits per heavy atom. The fraction of sp³-hybridized carbons (Fsp3) is 0.0833. The maximum Gasteiger partial charge on any atom is 0.257 e. The normalized spacial score (nSPS) is 9.53. The fourth-order valence-corrected chi connectivity index (χ4v) is 2.05. The third kappa shape index (κ3) is 3.45. The van der Waals surface area contributed by atoms with E-state index >= 15 is 0 Å². The van der Waals surface area contributed by atoms with Gasteiger partial charge in [0.05, 0.1) is 12.3 Å². The van der Waals surface area contributed by atoms with Gasteiger partial charge in [0.1, 0.15) is 5.75 Å². The van der Waals surface area contributed by atoms with Crippen molar-refractivity contribution in [3.63, 3.8) is 0 Å². The standard InChI is InChI=1S/C12H9N3O2S2/c1-17-9-4-2-8(3-5-9)11(16)15-12-14-10(6-19-12)13-7-18/h2-6H,1H3,(H,14,15,16). The maximum absolute atomic E-state index is 11.9. The highest BCUT2D eigenvalue weighted by Crippen LogP contribution is 2.22. The van der Waals surface area contributed by atoms with Crippen molar-refractivity contribution in [2.45, 2.75) is 0 Å². The summed E-state index contributed by atoms with van der Waals surface area (Å²) in [5.74, 6) is 0.892. The van der Waals surface area contributed by atoms with Gasteiger partial charge < -0.3 is 4.74 Å². The second-order valence-electron chi connectivity index (χ2n) is 3.40. The number of benzene rings is 1. The number of amides is 1. The van der Waals surface area contributed by atoms with Crippen molar-refractivity contribution in [2.24, 2.45) is 4.99 Å². The third-order valence-corrected chi connectivity index (χ3v) is 3.06. The van der Waals surface area contributed by atoms with Crippen LogP contribution in [0.15, 0.2) is 34.6 Å². The van der Waals surface area contributed by atoms with Crippen molar-refractivity contribution in [1.29, 1.82) is 0 Å². The molecular formula is C12H9N3O2S2. The summed E-state index contributed by atoms with van der Waals surface area (Å²) in [4.78, 5) is 19.7. The van der Waals surface area contributed by atoms with Gasteiger partial charge in [-0.15, -0.1) is 11.3 Å². The quantitative estimate of drug-likeness (QED) is 0.694. The van der Waals surface area contributed by atoms with Crippen LogP contribution < -0.4 is 10.1 Å². The lowest BCUT2D eigenvalue weighted by molar-refractivity contribution is 0.102. The Hall–Kier alpha value is -2.08. The lowest BCUT2D eigenvalue weighted by atomic mass is 10.2. The van der Waals surface area contributed by atoms with Crippen molar-refractivity contribution in [1.82, 2.24) is 4.98 Å². The summed E-state index contributed by atoms with van der Waals surface area (Å²) in [6.45, 7) is 0. The van der Waals surface area contributed by atoms with E-state index in [4.69, 9.17) is 4.74 Å². The molecule has 1 N–H and O–H groups in total. The molecule has 0 aliphatic rings. The number of carbonyl (C=O) groups excluding carboxylic acids is 1. The number of aromatic nitrogens is 1. The predicted molar refractivity (Wildman–Crippen MR) is 77.7 cm³/mol. The molecule has 0 saturated carbocycles. The van der Waals surface area contributed by atoms with Crippen LogP contribution in [-0.2, 0) is 0 Å². The van der Waals surface area contributed by atoms with Crippen molar-refractivity contribution in [2.75, 3.05) is 12.4 Å². The molecule has 1 aromatic carbocycles. The zero-order chi connectivity index (χ0) is 13.7. The Labute approximate surface area is 119 Å². The highest BCUT2D eigenvalue weighted by Gasteiger charge is 2.08. The number of nitrogens with zero attached hydrogens (tertiary/aromatic N) is 2. The highest BCUT2D eigenvalue weighted by molar-refractivity contribution is 7.78. The summed E-state index contributed by atoms with van der Waals surface area (Å²) in [6, 6.07) is 6.80. The fourth-order valence-electron chi connectivity index (χ4n) is 1.33. The summed E-state index contributed by atoms with van der Waals surface area (Å²) < 4.78 is 5.03. The second kappa shape index (κ2) is 6.19. The van der Waals surface area contributed by atoms with Crippen LogP contribution in [-0.4, -0.2) is 23.2 Å². The van der Waals surface area contributed by atoms with E-state index in [1.807, 2.05) is 0 Å². The largest absolute Gasteiger partial charge is 0.497 e. The zero-order valence-electron chi connectivity index (χ0n) is 9.91. The molecule has 0 atom stereocenters. The SMILES string of the molecule is COc1ccc(C(=O)Nc2nc(N=C=S)cs2)cc1. The molecule has 0 saturated heterocycles. The number of rotatable bonds is 4. The molecule has 7 heteroatoms.